The largest absolute Gasteiger partial charge is 0.327 e. The van der Waals surface area contributed by atoms with Crippen molar-refractivity contribution in [1.82, 2.24) is 4.90 Å². The lowest BCUT2D eigenvalue weighted by Crippen LogP contribution is -2.47. The molecule has 1 aliphatic rings. The molecule has 4 unspecified atom stereocenters. The Labute approximate surface area is 121 Å². The van der Waals surface area contributed by atoms with Gasteiger partial charge >= 0.3 is 0 Å². The zero-order valence-corrected chi connectivity index (χ0v) is 13.9. The van der Waals surface area contributed by atoms with Crippen LogP contribution in [0.25, 0.3) is 0 Å². The minimum absolute atomic E-state index is 0.412. The monoisotopic (exact) mass is 268 g/mol. The van der Waals surface area contributed by atoms with Crippen molar-refractivity contribution in [3.63, 3.8) is 0 Å². The highest BCUT2D eigenvalue weighted by Gasteiger charge is 2.32. The van der Waals surface area contributed by atoms with Crippen molar-refractivity contribution >= 4 is 0 Å². The predicted molar refractivity (Wildman–Crippen MR) is 85.2 cm³/mol. The van der Waals surface area contributed by atoms with Crippen LogP contribution in [0.5, 0.6) is 0 Å². The van der Waals surface area contributed by atoms with Crippen molar-refractivity contribution in [2.24, 2.45) is 29.4 Å². The molecule has 0 aliphatic heterocycles. The molecule has 2 nitrogen and oxygen atoms in total. The first kappa shape index (κ1) is 17.0. The van der Waals surface area contributed by atoms with Crippen molar-refractivity contribution in [3.05, 3.63) is 0 Å². The van der Waals surface area contributed by atoms with Crippen LogP contribution < -0.4 is 5.73 Å². The van der Waals surface area contributed by atoms with E-state index in [2.05, 4.69) is 39.5 Å². The summed E-state index contributed by atoms with van der Waals surface area (Å²) in [6.45, 7) is 15.3. The summed E-state index contributed by atoms with van der Waals surface area (Å²) in [7, 11) is 0. The van der Waals surface area contributed by atoms with E-state index in [0.29, 0.717) is 12.0 Å². The normalized spacial score (nSPS) is 32.2. The van der Waals surface area contributed by atoms with E-state index in [1.54, 1.807) is 0 Å². The van der Waals surface area contributed by atoms with Crippen LogP contribution in [-0.4, -0.2) is 30.6 Å². The first-order valence-electron chi connectivity index (χ1n) is 8.49. The minimum Gasteiger partial charge on any atom is -0.327 e. The van der Waals surface area contributed by atoms with Gasteiger partial charge in [-0.05, 0) is 43.1 Å². The first-order chi connectivity index (χ1) is 9.01. The smallest absolute Gasteiger partial charge is 0.00844 e. The Morgan fingerprint density at radius 1 is 1.11 bits per heavy atom. The van der Waals surface area contributed by atoms with Gasteiger partial charge in [0.2, 0.25) is 0 Å². The van der Waals surface area contributed by atoms with Gasteiger partial charge in [-0.2, -0.15) is 0 Å². The predicted octanol–water partition coefficient (Wildman–Crippen LogP) is 3.75. The number of rotatable bonds is 7. The second-order valence-electron chi connectivity index (χ2n) is 6.92. The molecule has 1 aliphatic carbocycles. The molecule has 0 radical (unpaired) electrons. The highest BCUT2D eigenvalue weighted by molar-refractivity contribution is 4.87. The zero-order chi connectivity index (χ0) is 14.4. The summed E-state index contributed by atoms with van der Waals surface area (Å²) in [5.74, 6) is 3.16. The molecule has 0 amide bonds. The van der Waals surface area contributed by atoms with E-state index >= 15 is 0 Å². The lowest BCUT2D eigenvalue weighted by molar-refractivity contribution is 0.110. The van der Waals surface area contributed by atoms with Crippen LogP contribution in [0.3, 0.4) is 0 Å². The fourth-order valence-electron chi connectivity index (χ4n) is 3.83. The van der Waals surface area contributed by atoms with Gasteiger partial charge in [0.05, 0.1) is 0 Å². The molecule has 4 atom stereocenters. The number of nitrogens with zero attached hydrogens (tertiary/aromatic N) is 1. The third-order valence-corrected chi connectivity index (χ3v) is 5.32. The summed E-state index contributed by atoms with van der Waals surface area (Å²) in [5, 5.41) is 0. The van der Waals surface area contributed by atoms with Crippen molar-refractivity contribution in [1.29, 1.82) is 0 Å². The minimum atomic E-state index is 0.412. The first-order valence-corrected chi connectivity index (χ1v) is 8.49. The summed E-state index contributed by atoms with van der Waals surface area (Å²) in [6.07, 6.45) is 5.19. The van der Waals surface area contributed by atoms with Crippen molar-refractivity contribution in [2.45, 2.75) is 66.3 Å². The fourth-order valence-corrected chi connectivity index (χ4v) is 3.83. The highest BCUT2D eigenvalue weighted by Crippen LogP contribution is 2.33. The molecular weight excluding hydrogens is 232 g/mol. The van der Waals surface area contributed by atoms with Gasteiger partial charge in [0.25, 0.3) is 0 Å². The molecule has 1 rings (SSSR count). The van der Waals surface area contributed by atoms with E-state index in [1.165, 1.54) is 45.3 Å². The number of hydrogen-bond acceptors (Lipinski definition) is 2. The Morgan fingerprint density at radius 2 is 1.74 bits per heavy atom. The van der Waals surface area contributed by atoms with Crippen LogP contribution in [-0.2, 0) is 0 Å². The molecule has 2 N–H and O–H groups in total. The number of nitrogens with two attached hydrogens (primary N) is 1. The third-order valence-electron chi connectivity index (χ3n) is 5.32. The van der Waals surface area contributed by atoms with E-state index < -0.39 is 0 Å². The Hall–Kier alpha value is -0.0800. The quantitative estimate of drug-likeness (QED) is 0.762. The maximum atomic E-state index is 6.43. The SMILES string of the molecule is CCC(CC)CN(CC)CC1C(C)CC(C)CC1N. The van der Waals surface area contributed by atoms with Crippen LogP contribution in [0.1, 0.15) is 60.3 Å². The summed E-state index contributed by atoms with van der Waals surface area (Å²) in [5.41, 5.74) is 6.43. The van der Waals surface area contributed by atoms with E-state index in [0.717, 1.165) is 17.8 Å². The van der Waals surface area contributed by atoms with E-state index in [4.69, 9.17) is 5.73 Å². The van der Waals surface area contributed by atoms with Crippen LogP contribution in [0, 0.1) is 23.7 Å². The Morgan fingerprint density at radius 3 is 2.21 bits per heavy atom. The Bertz CT molecular complexity index is 225. The average Bonchev–Trinajstić information content (AvgIpc) is 2.37. The molecule has 2 heteroatoms. The molecule has 0 aromatic carbocycles. The van der Waals surface area contributed by atoms with Gasteiger partial charge in [-0.1, -0.05) is 47.5 Å². The van der Waals surface area contributed by atoms with Gasteiger partial charge in [0.15, 0.2) is 0 Å². The zero-order valence-electron chi connectivity index (χ0n) is 13.9. The average molecular weight is 268 g/mol. The molecule has 0 heterocycles. The molecule has 0 saturated heterocycles. The maximum Gasteiger partial charge on any atom is 0.00844 e. The van der Waals surface area contributed by atoms with Crippen LogP contribution in [0.4, 0.5) is 0 Å². The van der Waals surface area contributed by atoms with Crippen molar-refractivity contribution < 1.29 is 0 Å². The third kappa shape index (κ3) is 5.07. The standard InChI is InChI=1S/C17H36N2/c1-6-15(7-2)11-19(8-3)12-16-14(5)9-13(4)10-17(16)18/h13-17H,6-12,18H2,1-5H3. The lowest BCUT2D eigenvalue weighted by atomic mass is 9.72. The molecule has 0 spiro atoms. The fraction of sp³-hybridized carbons (Fsp3) is 1.00. The van der Waals surface area contributed by atoms with E-state index in [1.807, 2.05) is 0 Å². The van der Waals surface area contributed by atoms with Gasteiger partial charge in [-0.25, -0.2) is 0 Å². The van der Waals surface area contributed by atoms with Gasteiger partial charge < -0.3 is 10.6 Å². The molecule has 1 saturated carbocycles. The lowest BCUT2D eigenvalue weighted by Gasteiger charge is -2.41. The van der Waals surface area contributed by atoms with Crippen molar-refractivity contribution in [2.75, 3.05) is 19.6 Å². The van der Waals surface area contributed by atoms with Crippen LogP contribution in [0.15, 0.2) is 0 Å². The van der Waals surface area contributed by atoms with Gasteiger partial charge in [0.1, 0.15) is 0 Å². The summed E-state index contributed by atoms with van der Waals surface area (Å²) < 4.78 is 0. The Balaban J connectivity index is 2.54. The molecule has 0 aromatic rings. The molecule has 1 fully saturated rings. The van der Waals surface area contributed by atoms with E-state index in [9.17, 15) is 0 Å². The molecule has 19 heavy (non-hydrogen) atoms. The second kappa shape index (κ2) is 8.26. The summed E-state index contributed by atoms with van der Waals surface area (Å²) in [4.78, 5) is 2.65. The van der Waals surface area contributed by atoms with Gasteiger partial charge in [-0.3, -0.25) is 0 Å². The van der Waals surface area contributed by atoms with Crippen LogP contribution in [0.2, 0.25) is 0 Å². The van der Waals surface area contributed by atoms with Crippen molar-refractivity contribution in [3.8, 4) is 0 Å². The maximum absolute atomic E-state index is 6.43. The molecule has 0 bridgehead atoms. The summed E-state index contributed by atoms with van der Waals surface area (Å²) >= 11 is 0. The highest BCUT2D eigenvalue weighted by atomic mass is 15.1. The molecule has 0 aromatic heterocycles. The molecule has 114 valence electrons. The van der Waals surface area contributed by atoms with Gasteiger partial charge in [-0.15, -0.1) is 0 Å². The number of hydrogen-bond donors (Lipinski definition) is 1. The van der Waals surface area contributed by atoms with Crippen LogP contribution >= 0.6 is 0 Å². The summed E-state index contributed by atoms with van der Waals surface area (Å²) in [6, 6.07) is 0.412. The Kier molecular flexibility index (Phi) is 7.38. The van der Waals surface area contributed by atoms with Gasteiger partial charge in [0, 0.05) is 19.1 Å². The molecular formula is C17H36N2. The second-order valence-corrected chi connectivity index (χ2v) is 6.92. The topological polar surface area (TPSA) is 29.3 Å². The van der Waals surface area contributed by atoms with E-state index in [-0.39, 0.29) is 0 Å².